The van der Waals surface area contributed by atoms with Crippen LogP contribution in [0.5, 0.6) is 0 Å². The number of amides is 2. The first-order chi connectivity index (χ1) is 8.54. The van der Waals surface area contributed by atoms with Crippen molar-refractivity contribution >= 4 is 6.03 Å². The van der Waals surface area contributed by atoms with Gasteiger partial charge in [0.25, 0.3) is 0 Å². The highest BCUT2D eigenvalue weighted by Crippen LogP contribution is 2.15. The number of rotatable bonds is 5. The van der Waals surface area contributed by atoms with Crippen LogP contribution in [-0.2, 0) is 11.3 Å². The van der Waals surface area contributed by atoms with E-state index in [0.717, 1.165) is 0 Å². The molecule has 0 saturated carbocycles. The number of carbonyl (C=O) groups is 1. The Morgan fingerprint density at radius 3 is 2.33 bits per heavy atom. The summed E-state index contributed by atoms with van der Waals surface area (Å²) in [6.07, 6.45) is 0. The Morgan fingerprint density at radius 2 is 1.78 bits per heavy atom. The van der Waals surface area contributed by atoms with Crippen LogP contribution in [0.3, 0.4) is 0 Å². The molecule has 0 heterocycles. The summed E-state index contributed by atoms with van der Waals surface area (Å²) in [5.41, 5.74) is 4.86. The van der Waals surface area contributed by atoms with Crippen LogP contribution in [0.15, 0.2) is 12.1 Å². The summed E-state index contributed by atoms with van der Waals surface area (Å²) >= 11 is 0. The molecule has 0 unspecified atom stereocenters. The fourth-order valence-electron chi connectivity index (χ4n) is 1.99. The van der Waals surface area contributed by atoms with Gasteiger partial charge in [0.1, 0.15) is 0 Å². The number of benzene rings is 1. The molecule has 100 valence electrons. The number of urea groups is 1. The molecule has 0 aromatic heterocycles. The highest BCUT2D eigenvalue weighted by molar-refractivity contribution is 5.73. The summed E-state index contributed by atoms with van der Waals surface area (Å²) in [4.78, 5) is 11.5. The maximum Gasteiger partial charge on any atom is 0.315 e. The number of carbonyl (C=O) groups excluding carboxylic acids is 1. The molecule has 0 aliphatic rings. The van der Waals surface area contributed by atoms with Crippen LogP contribution >= 0.6 is 0 Å². The largest absolute Gasteiger partial charge is 0.383 e. The van der Waals surface area contributed by atoms with E-state index in [2.05, 4.69) is 43.5 Å². The molecule has 0 aliphatic carbocycles. The van der Waals surface area contributed by atoms with Crippen molar-refractivity contribution in [2.45, 2.75) is 27.3 Å². The summed E-state index contributed by atoms with van der Waals surface area (Å²) < 4.78 is 4.86. The van der Waals surface area contributed by atoms with Crippen molar-refractivity contribution in [2.24, 2.45) is 0 Å². The van der Waals surface area contributed by atoms with E-state index in [1.807, 2.05) is 0 Å². The fourth-order valence-corrected chi connectivity index (χ4v) is 1.99. The molecule has 1 aromatic carbocycles. The average Bonchev–Trinajstić information content (AvgIpc) is 2.27. The molecule has 0 aliphatic heterocycles. The van der Waals surface area contributed by atoms with Gasteiger partial charge in [-0.2, -0.15) is 0 Å². The van der Waals surface area contributed by atoms with Crippen LogP contribution < -0.4 is 10.6 Å². The third-order valence-corrected chi connectivity index (χ3v) is 2.86. The van der Waals surface area contributed by atoms with Gasteiger partial charge in [-0.25, -0.2) is 4.79 Å². The lowest BCUT2D eigenvalue weighted by atomic mass is 10.00. The normalized spacial score (nSPS) is 10.2. The van der Waals surface area contributed by atoms with Gasteiger partial charge in [0, 0.05) is 20.2 Å². The quantitative estimate of drug-likeness (QED) is 0.786. The molecular weight excluding hydrogens is 228 g/mol. The Kier molecular flexibility index (Phi) is 5.65. The first-order valence-corrected chi connectivity index (χ1v) is 6.12. The number of aryl methyl sites for hydroxylation is 3. The molecular formula is C14H22N2O2. The zero-order valence-corrected chi connectivity index (χ0v) is 11.6. The van der Waals surface area contributed by atoms with Gasteiger partial charge < -0.3 is 15.4 Å². The number of hydrogen-bond acceptors (Lipinski definition) is 2. The number of methoxy groups -OCH3 is 1. The molecule has 2 amide bonds. The molecule has 0 fully saturated rings. The van der Waals surface area contributed by atoms with Crippen molar-refractivity contribution in [3.05, 3.63) is 34.4 Å². The van der Waals surface area contributed by atoms with Crippen molar-refractivity contribution in [1.29, 1.82) is 0 Å². The maximum absolute atomic E-state index is 11.5. The molecule has 0 bridgehead atoms. The second kappa shape index (κ2) is 7.01. The Morgan fingerprint density at radius 1 is 1.17 bits per heavy atom. The fraction of sp³-hybridized carbons (Fsp3) is 0.500. The van der Waals surface area contributed by atoms with Crippen molar-refractivity contribution < 1.29 is 9.53 Å². The van der Waals surface area contributed by atoms with E-state index in [1.165, 1.54) is 22.3 Å². The van der Waals surface area contributed by atoms with Crippen LogP contribution in [-0.4, -0.2) is 26.3 Å². The summed E-state index contributed by atoms with van der Waals surface area (Å²) in [6.45, 7) is 7.81. The third kappa shape index (κ3) is 4.37. The average molecular weight is 250 g/mol. The van der Waals surface area contributed by atoms with E-state index in [9.17, 15) is 4.79 Å². The van der Waals surface area contributed by atoms with Gasteiger partial charge >= 0.3 is 6.03 Å². The minimum absolute atomic E-state index is 0.161. The second-order valence-electron chi connectivity index (χ2n) is 4.48. The minimum Gasteiger partial charge on any atom is -0.383 e. The number of nitrogens with one attached hydrogen (secondary N) is 2. The van der Waals surface area contributed by atoms with Crippen molar-refractivity contribution in [3.63, 3.8) is 0 Å². The van der Waals surface area contributed by atoms with E-state index >= 15 is 0 Å². The second-order valence-corrected chi connectivity index (χ2v) is 4.48. The third-order valence-electron chi connectivity index (χ3n) is 2.86. The Balaban J connectivity index is 2.51. The molecule has 18 heavy (non-hydrogen) atoms. The number of hydrogen-bond donors (Lipinski definition) is 2. The maximum atomic E-state index is 11.5. The summed E-state index contributed by atoms with van der Waals surface area (Å²) in [7, 11) is 1.61. The highest BCUT2D eigenvalue weighted by atomic mass is 16.5. The zero-order valence-electron chi connectivity index (χ0n) is 11.6. The first kappa shape index (κ1) is 14.5. The van der Waals surface area contributed by atoms with Crippen LogP contribution in [0.4, 0.5) is 4.79 Å². The summed E-state index contributed by atoms with van der Waals surface area (Å²) in [6, 6.07) is 4.10. The van der Waals surface area contributed by atoms with Crippen LogP contribution in [0.1, 0.15) is 22.3 Å². The van der Waals surface area contributed by atoms with Crippen molar-refractivity contribution in [2.75, 3.05) is 20.3 Å². The molecule has 4 heteroatoms. The predicted molar refractivity (Wildman–Crippen MR) is 72.8 cm³/mol. The molecule has 1 rings (SSSR count). The summed E-state index contributed by atoms with van der Waals surface area (Å²) in [5, 5.41) is 5.58. The monoisotopic (exact) mass is 250 g/mol. The van der Waals surface area contributed by atoms with Crippen molar-refractivity contribution in [1.82, 2.24) is 10.6 Å². The Labute approximate surface area is 109 Å². The molecule has 2 N–H and O–H groups in total. The topological polar surface area (TPSA) is 50.4 Å². The molecule has 0 atom stereocenters. The molecule has 0 saturated heterocycles. The van der Waals surface area contributed by atoms with E-state index in [0.29, 0.717) is 19.7 Å². The Hall–Kier alpha value is -1.55. The van der Waals surface area contributed by atoms with Gasteiger partial charge in [0.15, 0.2) is 0 Å². The van der Waals surface area contributed by atoms with Gasteiger partial charge in [-0.1, -0.05) is 17.7 Å². The lowest BCUT2D eigenvalue weighted by molar-refractivity contribution is 0.196. The first-order valence-electron chi connectivity index (χ1n) is 6.12. The van der Waals surface area contributed by atoms with Gasteiger partial charge in [0.2, 0.25) is 0 Å². The van der Waals surface area contributed by atoms with Gasteiger partial charge in [-0.05, 0) is 37.5 Å². The predicted octanol–water partition coefficient (Wildman–Crippen LogP) is 2.06. The van der Waals surface area contributed by atoms with E-state index in [-0.39, 0.29) is 6.03 Å². The molecule has 1 aromatic rings. The van der Waals surface area contributed by atoms with E-state index in [1.54, 1.807) is 7.11 Å². The smallest absolute Gasteiger partial charge is 0.315 e. The van der Waals surface area contributed by atoms with Gasteiger partial charge in [-0.15, -0.1) is 0 Å². The molecule has 0 spiro atoms. The van der Waals surface area contributed by atoms with Crippen LogP contribution in [0.2, 0.25) is 0 Å². The Bertz CT molecular complexity index is 393. The van der Waals surface area contributed by atoms with Crippen molar-refractivity contribution in [3.8, 4) is 0 Å². The summed E-state index contributed by atoms with van der Waals surface area (Å²) in [5.74, 6) is 0. The van der Waals surface area contributed by atoms with Crippen LogP contribution in [0.25, 0.3) is 0 Å². The van der Waals surface area contributed by atoms with E-state index in [4.69, 9.17) is 4.74 Å². The standard InChI is InChI=1S/C14H22N2O2/c1-10-7-11(2)13(12(3)8-10)9-16-14(17)15-5-6-18-4/h7-8H,5-6,9H2,1-4H3,(H2,15,16,17). The van der Waals surface area contributed by atoms with Crippen LogP contribution in [0, 0.1) is 20.8 Å². The lowest BCUT2D eigenvalue weighted by Crippen LogP contribution is -2.37. The minimum atomic E-state index is -0.161. The van der Waals surface area contributed by atoms with Gasteiger partial charge in [-0.3, -0.25) is 0 Å². The number of ether oxygens (including phenoxy) is 1. The molecule has 4 nitrogen and oxygen atoms in total. The lowest BCUT2D eigenvalue weighted by Gasteiger charge is -2.13. The zero-order chi connectivity index (χ0) is 13.5. The van der Waals surface area contributed by atoms with Gasteiger partial charge in [0.05, 0.1) is 6.61 Å². The van der Waals surface area contributed by atoms with E-state index < -0.39 is 0 Å². The SMILES string of the molecule is COCCNC(=O)NCc1c(C)cc(C)cc1C. The highest BCUT2D eigenvalue weighted by Gasteiger charge is 2.05. The molecule has 0 radical (unpaired) electrons.